The van der Waals surface area contributed by atoms with E-state index in [2.05, 4.69) is 20.1 Å². The van der Waals surface area contributed by atoms with Gasteiger partial charge in [-0.3, -0.25) is 4.79 Å². The summed E-state index contributed by atoms with van der Waals surface area (Å²) in [7, 11) is 2.42. The van der Waals surface area contributed by atoms with E-state index in [0.717, 1.165) is 0 Å². The molecule has 0 saturated heterocycles. The molecule has 0 saturated carbocycles. The zero-order chi connectivity index (χ0) is 14.0. The molecule has 0 unspecified atom stereocenters. The molecule has 0 radical (unpaired) electrons. The average Bonchev–Trinajstić information content (AvgIpc) is 2.37. The Hall–Kier alpha value is -2.25. The van der Waals surface area contributed by atoms with Crippen molar-refractivity contribution in [2.24, 2.45) is 0 Å². The van der Waals surface area contributed by atoms with Crippen LogP contribution in [0.3, 0.4) is 0 Å². The van der Waals surface area contributed by atoms with Gasteiger partial charge >= 0.3 is 12.2 Å². The van der Waals surface area contributed by atoms with Crippen LogP contribution in [0.5, 0.6) is 0 Å². The number of hydrogen-bond acceptors (Lipinski definition) is 5. The zero-order valence-electron chi connectivity index (χ0n) is 10.6. The minimum atomic E-state index is -0.675. The highest BCUT2D eigenvalue weighted by Gasteiger charge is 2.12. The van der Waals surface area contributed by atoms with Crippen molar-refractivity contribution in [3.63, 3.8) is 0 Å². The summed E-state index contributed by atoms with van der Waals surface area (Å²) < 4.78 is 8.74. The lowest BCUT2D eigenvalue weighted by Gasteiger charge is -2.21. The molecule has 18 heavy (non-hydrogen) atoms. The fraction of sp³-hybridized carbons (Fsp3) is 0.500. The number of carbonyl (C=O) groups excluding carboxylic acids is 3. The van der Waals surface area contributed by atoms with Crippen molar-refractivity contribution < 1.29 is 23.9 Å². The SMILES string of the molecule is CC=CC(=O)N(CNC(=O)OC)CNC(=O)OC. The van der Waals surface area contributed by atoms with Crippen LogP contribution >= 0.6 is 0 Å². The number of alkyl carbamates (subject to hydrolysis) is 2. The van der Waals surface area contributed by atoms with Crippen LogP contribution in [0.4, 0.5) is 9.59 Å². The quantitative estimate of drug-likeness (QED) is 0.536. The molecule has 0 aromatic rings. The molecular weight excluding hydrogens is 242 g/mol. The number of ether oxygens (including phenoxy) is 2. The van der Waals surface area contributed by atoms with Crippen molar-refractivity contribution in [2.45, 2.75) is 6.92 Å². The van der Waals surface area contributed by atoms with Crippen molar-refractivity contribution in [1.29, 1.82) is 0 Å². The number of nitrogens with zero attached hydrogens (tertiary/aromatic N) is 1. The molecule has 8 nitrogen and oxygen atoms in total. The van der Waals surface area contributed by atoms with Crippen LogP contribution in [-0.4, -0.2) is 50.6 Å². The molecule has 8 heteroatoms. The van der Waals surface area contributed by atoms with Gasteiger partial charge < -0.3 is 25.0 Å². The third kappa shape index (κ3) is 6.36. The maximum Gasteiger partial charge on any atom is 0.408 e. The first kappa shape index (κ1) is 15.8. The fourth-order valence-electron chi connectivity index (χ4n) is 0.924. The van der Waals surface area contributed by atoms with Crippen LogP contribution in [-0.2, 0) is 14.3 Å². The molecular formula is C10H17N3O5. The zero-order valence-corrected chi connectivity index (χ0v) is 10.6. The lowest BCUT2D eigenvalue weighted by atomic mass is 10.4. The second kappa shape index (κ2) is 8.85. The lowest BCUT2D eigenvalue weighted by molar-refractivity contribution is -0.126. The van der Waals surface area contributed by atoms with Crippen LogP contribution < -0.4 is 10.6 Å². The smallest absolute Gasteiger partial charge is 0.408 e. The van der Waals surface area contributed by atoms with Gasteiger partial charge in [-0.2, -0.15) is 0 Å². The van der Waals surface area contributed by atoms with Crippen LogP contribution in [0.15, 0.2) is 12.2 Å². The lowest BCUT2D eigenvalue weighted by Crippen LogP contribution is -2.46. The summed E-state index contributed by atoms with van der Waals surface area (Å²) >= 11 is 0. The monoisotopic (exact) mass is 259 g/mol. The van der Waals surface area contributed by atoms with Crippen LogP contribution in [0.2, 0.25) is 0 Å². The van der Waals surface area contributed by atoms with Crippen LogP contribution in [0.25, 0.3) is 0 Å². The number of allylic oxidation sites excluding steroid dienone is 1. The van der Waals surface area contributed by atoms with E-state index in [0.29, 0.717) is 0 Å². The first-order valence-electron chi connectivity index (χ1n) is 5.10. The molecule has 0 aromatic heterocycles. The predicted molar refractivity (Wildman–Crippen MR) is 62.5 cm³/mol. The van der Waals surface area contributed by atoms with Gasteiger partial charge in [0.2, 0.25) is 5.91 Å². The van der Waals surface area contributed by atoms with Crippen LogP contribution in [0, 0.1) is 0 Å². The second-order valence-corrected chi connectivity index (χ2v) is 3.03. The minimum absolute atomic E-state index is 0.0974. The Morgan fingerprint density at radius 1 is 1.06 bits per heavy atom. The Labute approximate surface area is 105 Å². The maximum atomic E-state index is 11.6. The van der Waals surface area contributed by atoms with E-state index < -0.39 is 12.2 Å². The molecule has 0 heterocycles. The Bertz CT molecular complexity index is 309. The molecule has 0 atom stereocenters. The van der Waals surface area contributed by atoms with Crippen molar-refractivity contribution >= 4 is 18.1 Å². The summed E-state index contributed by atoms with van der Waals surface area (Å²) in [6, 6.07) is 0. The molecule has 102 valence electrons. The van der Waals surface area contributed by atoms with E-state index >= 15 is 0 Å². The van der Waals surface area contributed by atoms with Gasteiger partial charge in [-0.1, -0.05) is 6.08 Å². The highest BCUT2D eigenvalue weighted by molar-refractivity contribution is 5.87. The number of nitrogens with one attached hydrogen (secondary N) is 2. The third-order valence-electron chi connectivity index (χ3n) is 1.82. The molecule has 2 N–H and O–H groups in total. The summed E-state index contributed by atoms with van der Waals surface area (Å²) in [4.78, 5) is 34.6. The number of amides is 3. The molecule has 0 bridgehead atoms. The van der Waals surface area contributed by atoms with Gasteiger partial charge in [-0.25, -0.2) is 9.59 Å². The maximum absolute atomic E-state index is 11.6. The minimum Gasteiger partial charge on any atom is -0.453 e. The molecule has 0 aliphatic rings. The molecule has 0 spiro atoms. The molecule has 0 rings (SSSR count). The standard InChI is InChI=1S/C10H17N3O5/c1-4-5-8(14)13(6-11-9(15)17-2)7-12-10(16)18-3/h4-5H,6-7H2,1-3H3,(H,11,15)(H,12,16). The predicted octanol–water partition coefficient (Wildman–Crippen LogP) is 0.0181. The first-order chi connectivity index (χ1) is 8.54. The topological polar surface area (TPSA) is 97.0 Å². The Morgan fingerprint density at radius 3 is 1.83 bits per heavy atom. The largest absolute Gasteiger partial charge is 0.453 e. The van der Waals surface area contributed by atoms with Crippen molar-refractivity contribution in [2.75, 3.05) is 27.6 Å². The van der Waals surface area contributed by atoms with E-state index in [9.17, 15) is 14.4 Å². The van der Waals surface area contributed by atoms with Gasteiger partial charge in [-0.15, -0.1) is 0 Å². The summed E-state index contributed by atoms with van der Waals surface area (Å²) in [6.45, 7) is 1.48. The van der Waals surface area contributed by atoms with Crippen molar-refractivity contribution in [3.05, 3.63) is 12.2 Å². The van der Waals surface area contributed by atoms with E-state index in [4.69, 9.17) is 0 Å². The molecule has 0 aromatic carbocycles. The number of hydrogen-bond donors (Lipinski definition) is 2. The van der Waals surface area contributed by atoms with Gasteiger partial charge in [-0.05, 0) is 13.0 Å². The van der Waals surface area contributed by atoms with Crippen molar-refractivity contribution in [3.8, 4) is 0 Å². The van der Waals surface area contributed by atoms with Gasteiger partial charge in [0.25, 0.3) is 0 Å². The number of rotatable bonds is 5. The Kier molecular flexibility index (Phi) is 7.74. The van der Waals surface area contributed by atoms with E-state index in [1.54, 1.807) is 13.0 Å². The molecule has 3 amide bonds. The highest BCUT2D eigenvalue weighted by atomic mass is 16.5. The summed E-state index contributed by atoms with van der Waals surface area (Å²) in [6.07, 6.45) is 1.50. The Morgan fingerprint density at radius 2 is 1.50 bits per heavy atom. The second-order valence-electron chi connectivity index (χ2n) is 3.03. The van der Waals surface area contributed by atoms with Crippen molar-refractivity contribution in [1.82, 2.24) is 15.5 Å². The van der Waals surface area contributed by atoms with Gasteiger partial charge in [0.15, 0.2) is 0 Å². The number of methoxy groups -OCH3 is 2. The highest BCUT2D eigenvalue weighted by Crippen LogP contribution is 1.89. The Balaban J connectivity index is 4.37. The van der Waals surface area contributed by atoms with Gasteiger partial charge in [0.05, 0.1) is 27.6 Å². The fourth-order valence-corrected chi connectivity index (χ4v) is 0.924. The molecule has 0 aliphatic carbocycles. The van der Waals surface area contributed by atoms with E-state index in [1.807, 2.05) is 0 Å². The van der Waals surface area contributed by atoms with Gasteiger partial charge in [0.1, 0.15) is 0 Å². The summed E-state index contributed by atoms with van der Waals surface area (Å²) in [5.74, 6) is -0.370. The summed E-state index contributed by atoms with van der Waals surface area (Å²) in [5.41, 5.74) is 0. The number of carbonyl (C=O) groups is 3. The molecule has 0 fully saturated rings. The average molecular weight is 259 g/mol. The van der Waals surface area contributed by atoms with Crippen LogP contribution in [0.1, 0.15) is 6.92 Å². The third-order valence-corrected chi connectivity index (χ3v) is 1.82. The molecule has 0 aliphatic heterocycles. The van der Waals surface area contributed by atoms with E-state index in [1.165, 1.54) is 25.2 Å². The van der Waals surface area contributed by atoms with E-state index in [-0.39, 0.29) is 19.2 Å². The normalized spacial score (nSPS) is 9.72. The first-order valence-corrected chi connectivity index (χ1v) is 5.10. The van der Waals surface area contributed by atoms with Gasteiger partial charge in [0, 0.05) is 0 Å². The summed E-state index contributed by atoms with van der Waals surface area (Å²) in [5, 5.41) is 4.66.